The first-order valence-electron chi connectivity index (χ1n) is 7.59. The fourth-order valence-corrected chi connectivity index (χ4v) is 2.82. The molecule has 0 bridgehead atoms. The highest BCUT2D eigenvalue weighted by Gasteiger charge is 2.34. The van der Waals surface area contributed by atoms with Crippen LogP contribution in [-0.4, -0.2) is 36.7 Å². The van der Waals surface area contributed by atoms with Gasteiger partial charge in [0.05, 0.1) is 12.3 Å². The quantitative estimate of drug-likeness (QED) is 0.850. The summed E-state index contributed by atoms with van der Waals surface area (Å²) in [6, 6.07) is 9.78. The van der Waals surface area contributed by atoms with E-state index >= 15 is 0 Å². The summed E-state index contributed by atoms with van der Waals surface area (Å²) in [6.45, 7) is 5.37. The van der Waals surface area contributed by atoms with E-state index in [4.69, 9.17) is 4.74 Å². The smallest absolute Gasteiger partial charge is 0.142 e. The second-order valence-corrected chi connectivity index (χ2v) is 5.70. The summed E-state index contributed by atoms with van der Waals surface area (Å²) in [5.41, 5.74) is 1.15. The molecule has 1 unspecified atom stereocenters. The van der Waals surface area contributed by atoms with Crippen LogP contribution in [0.1, 0.15) is 32.6 Å². The first kappa shape index (κ1) is 12.8. The Morgan fingerprint density at radius 3 is 2.89 bits per heavy atom. The predicted molar refractivity (Wildman–Crippen MR) is 78.9 cm³/mol. The van der Waals surface area contributed by atoms with Crippen molar-refractivity contribution in [2.24, 2.45) is 0 Å². The van der Waals surface area contributed by atoms with E-state index in [1.54, 1.807) is 0 Å². The number of benzene rings is 1. The first-order valence-corrected chi connectivity index (χ1v) is 7.59. The Morgan fingerprint density at radius 2 is 2.11 bits per heavy atom. The van der Waals surface area contributed by atoms with Crippen molar-refractivity contribution >= 4 is 5.69 Å². The van der Waals surface area contributed by atoms with E-state index in [9.17, 15) is 0 Å². The topological polar surface area (TPSA) is 24.5 Å². The van der Waals surface area contributed by atoms with Gasteiger partial charge in [-0.3, -0.25) is 4.90 Å². The molecule has 0 radical (unpaired) electrons. The van der Waals surface area contributed by atoms with Crippen molar-refractivity contribution in [2.75, 3.05) is 25.0 Å². The van der Waals surface area contributed by atoms with Crippen LogP contribution in [0.4, 0.5) is 5.69 Å². The number of anilines is 1. The molecule has 1 aromatic carbocycles. The lowest BCUT2D eigenvalue weighted by molar-refractivity contribution is 0.317. The molecule has 0 amide bonds. The van der Waals surface area contributed by atoms with Gasteiger partial charge in [0.15, 0.2) is 0 Å². The van der Waals surface area contributed by atoms with Gasteiger partial charge in [0.1, 0.15) is 5.75 Å². The van der Waals surface area contributed by atoms with Gasteiger partial charge < -0.3 is 10.1 Å². The Bertz CT molecular complexity index is 417. The fourth-order valence-electron chi connectivity index (χ4n) is 2.82. The Morgan fingerprint density at radius 1 is 1.26 bits per heavy atom. The van der Waals surface area contributed by atoms with Crippen molar-refractivity contribution in [3.63, 3.8) is 0 Å². The highest BCUT2D eigenvalue weighted by Crippen LogP contribution is 2.32. The van der Waals surface area contributed by atoms with Crippen LogP contribution in [0, 0.1) is 0 Å². The van der Waals surface area contributed by atoms with Crippen LogP contribution in [-0.2, 0) is 0 Å². The molecule has 1 N–H and O–H groups in total. The number of hydrogen-bond acceptors (Lipinski definition) is 3. The van der Waals surface area contributed by atoms with E-state index in [1.165, 1.54) is 32.4 Å². The third kappa shape index (κ3) is 3.21. The lowest BCUT2D eigenvalue weighted by atomic mass is 10.2. The van der Waals surface area contributed by atoms with Crippen molar-refractivity contribution in [3.05, 3.63) is 24.3 Å². The van der Waals surface area contributed by atoms with Gasteiger partial charge in [-0.2, -0.15) is 0 Å². The van der Waals surface area contributed by atoms with Crippen molar-refractivity contribution in [1.82, 2.24) is 4.90 Å². The van der Waals surface area contributed by atoms with E-state index in [1.807, 2.05) is 6.07 Å². The van der Waals surface area contributed by atoms with Crippen LogP contribution in [0.25, 0.3) is 0 Å². The average Bonchev–Trinajstić information content (AvgIpc) is 3.19. The van der Waals surface area contributed by atoms with Crippen molar-refractivity contribution in [1.29, 1.82) is 0 Å². The summed E-state index contributed by atoms with van der Waals surface area (Å²) >= 11 is 0. The Labute approximate surface area is 115 Å². The number of rotatable bonds is 6. The van der Waals surface area contributed by atoms with Crippen LogP contribution < -0.4 is 10.1 Å². The molecule has 1 saturated carbocycles. The third-order valence-electron chi connectivity index (χ3n) is 3.99. The van der Waals surface area contributed by atoms with Gasteiger partial charge >= 0.3 is 0 Å². The van der Waals surface area contributed by atoms with E-state index in [0.717, 1.165) is 30.5 Å². The zero-order chi connectivity index (χ0) is 13.1. The molecular weight excluding hydrogens is 236 g/mol. The number of ether oxygens (including phenoxy) is 1. The molecule has 0 aromatic heterocycles. The molecule has 3 heteroatoms. The summed E-state index contributed by atoms with van der Waals surface area (Å²) in [4.78, 5) is 2.63. The Hall–Kier alpha value is -1.22. The van der Waals surface area contributed by atoms with Gasteiger partial charge in [-0.25, -0.2) is 0 Å². The maximum absolute atomic E-state index is 5.81. The average molecular weight is 260 g/mol. The largest absolute Gasteiger partial charge is 0.491 e. The molecule has 1 aromatic rings. The second kappa shape index (κ2) is 5.83. The minimum absolute atomic E-state index is 0.576. The minimum atomic E-state index is 0.576. The highest BCUT2D eigenvalue weighted by molar-refractivity contribution is 5.56. The zero-order valence-electron chi connectivity index (χ0n) is 11.8. The summed E-state index contributed by atoms with van der Waals surface area (Å²) in [7, 11) is 0. The number of nitrogens with one attached hydrogen (secondary N) is 1. The van der Waals surface area contributed by atoms with Gasteiger partial charge in [-0.15, -0.1) is 0 Å². The molecule has 104 valence electrons. The van der Waals surface area contributed by atoms with Crippen molar-refractivity contribution in [3.8, 4) is 5.75 Å². The summed E-state index contributed by atoms with van der Waals surface area (Å²) in [5, 5.41) is 3.66. The molecule has 1 atom stereocenters. The van der Waals surface area contributed by atoms with E-state index < -0.39 is 0 Å². The number of nitrogens with zero attached hydrogens (tertiary/aromatic N) is 1. The highest BCUT2D eigenvalue weighted by atomic mass is 16.5. The molecule has 1 aliphatic heterocycles. The summed E-state index contributed by atoms with van der Waals surface area (Å²) in [5.74, 6) is 0.995. The predicted octanol–water partition coefficient (Wildman–Crippen LogP) is 3.12. The van der Waals surface area contributed by atoms with Gasteiger partial charge in [0.25, 0.3) is 0 Å². The molecule has 0 spiro atoms. The summed E-state index contributed by atoms with van der Waals surface area (Å²) < 4.78 is 5.81. The molecule has 1 heterocycles. The second-order valence-electron chi connectivity index (χ2n) is 5.70. The van der Waals surface area contributed by atoms with Crippen LogP contribution in [0.2, 0.25) is 0 Å². The van der Waals surface area contributed by atoms with E-state index in [2.05, 4.69) is 35.3 Å². The van der Waals surface area contributed by atoms with Crippen molar-refractivity contribution < 1.29 is 4.74 Å². The van der Waals surface area contributed by atoms with E-state index in [-0.39, 0.29) is 0 Å². The molecule has 2 fully saturated rings. The first-order chi connectivity index (χ1) is 9.36. The Balaban J connectivity index is 1.59. The lowest BCUT2D eigenvalue weighted by Gasteiger charge is -2.18. The number of likely N-dealkylation sites (tertiary alicyclic amines) is 1. The van der Waals surface area contributed by atoms with Gasteiger partial charge in [0, 0.05) is 25.2 Å². The van der Waals surface area contributed by atoms with Crippen LogP contribution in [0.15, 0.2) is 24.3 Å². The molecule has 3 nitrogen and oxygen atoms in total. The summed E-state index contributed by atoms with van der Waals surface area (Å²) in [6.07, 6.45) is 5.11. The van der Waals surface area contributed by atoms with Gasteiger partial charge in [0.2, 0.25) is 0 Å². The van der Waals surface area contributed by atoms with Crippen molar-refractivity contribution in [2.45, 2.75) is 44.7 Å². The fraction of sp³-hybridized carbons (Fsp3) is 0.625. The molecule has 3 rings (SSSR count). The SMILES string of the molecule is CCCOc1ccccc1NC1CCN(C2CC2)C1. The maximum Gasteiger partial charge on any atom is 0.142 e. The molecule has 1 saturated heterocycles. The van der Waals surface area contributed by atoms with Gasteiger partial charge in [-0.05, 0) is 37.8 Å². The minimum Gasteiger partial charge on any atom is -0.491 e. The van der Waals surface area contributed by atoms with Crippen LogP contribution in [0.5, 0.6) is 5.75 Å². The van der Waals surface area contributed by atoms with Crippen LogP contribution in [0.3, 0.4) is 0 Å². The van der Waals surface area contributed by atoms with Crippen LogP contribution >= 0.6 is 0 Å². The normalized spacial score (nSPS) is 23.5. The molecule has 19 heavy (non-hydrogen) atoms. The Kier molecular flexibility index (Phi) is 3.92. The third-order valence-corrected chi connectivity index (χ3v) is 3.99. The molecular formula is C16H24N2O. The molecule has 2 aliphatic rings. The number of hydrogen-bond donors (Lipinski definition) is 1. The monoisotopic (exact) mass is 260 g/mol. The standard InChI is InChI=1S/C16H24N2O/c1-2-11-19-16-6-4-3-5-15(16)17-13-9-10-18(12-13)14-7-8-14/h3-6,13-14,17H,2,7-12H2,1H3. The number of para-hydroxylation sites is 2. The maximum atomic E-state index is 5.81. The lowest BCUT2D eigenvalue weighted by Crippen LogP contribution is -2.27. The van der Waals surface area contributed by atoms with E-state index in [0.29, 0.717) is 6.04 Å². The molecule has 1 aliphatic carbocycles. The van der Waals surface area contributed by atoms with Gasteiger partial charge in [-0.1, -0.05) is 19.1 Å². The zero-order valence-corrected chi connectivity index (χ0v) is 11.8.